The second-order valence-corrected chi connectivity index (χ2v) is 5.64. The van der Waals surface area contributed by atoms with Crippen LogP contribution in [0.2, 0.25) is 0 Å². The molecule has 0 saturated heterocycles. The van der Waals surface area contributed by atoms with Gasteiger partial charge in [0.2, 0.25) is 0 Å². The predicted molar refractivity (Wildman–Crippen MR) is 104 cm³/mol. The van der Waals surface area contributed by atoms with E-state index in [1.807, 2.05) is 90.1 Å². The molecule has 0 aliphatic heterocycles. The van der Waals surface area contributed by atoms with Crippen LogP contribution in [0.1, 0.15) is 11.1 Å². The smallest absolute Gasteiger partial charge is 0.174 e. The number of para-hydroxylation sites is 1. The third-order valence-electron chi connectivity index (χ3n) is 3.76. The minimum Gasteiger partial charge on any atom is -0.479 e. The van der Waals surface area contributed by atoms with Crippen LogP contribution in [0.5, 0.6) is 5.75 Å². The molecular weight excluding hydrogens is 322 g/mol. The largest absolute Gasteiger partial charge is 0.479 e. The zero-order chi connectivity index (χ0) is 18.0. The molecule has 0 bridgehead atoms. The molecule has 0 unspecified atom stereocenters. The molecule has 0 spiro atoms. The van der Waals surface area contributed by atoms with E-state index in [1.165, 1.54) is 5.56 Å². The first-order chi connectivity index (χ1) is 12.8. The van der Waals surface area contributed by atoms with E-state index in [-0.39, 0.29) is 6.61 Å². The lowest BCUT2D eigenvalue weighted by Gasteiger charge is -2.19. The highest BCUT2D eigenvalue weighted by Gasteiger charge is 2.05. The molecule has 0 radical (unpaired) electrons. The first-order valence-corrected chi connectivity index (χ1v) is 8.35. The lowest BCUT2D eigenvalue weighted by molar-refractivity contribution is 0.368. The number of ether oxygens (including phenoxy) is 1. The topological polar surface area (TPSA) is 48.6 Å². The van der Waals surface area contributed by atoms with Crippen LogP contribution in [0.25, 0.3) is 0 Å². The Hall–Kier alpha value is -3.58. The van der Waals surface area contributed by atoms with Crippen molar-refractivity contribution in [3.05, 3.63) is 96.1 Å². The average Bonchev–Trinajstić information content (AvgIpc) is 2.72. The summed E-state index contributed by atoms with van der Waals surface area (Å²) in [5.41, 5.74) is 3.18. The van der Waals surface area contributed by atoms with E-state index in [0.29, 0.717) is 12.3 Å². The molecule has 0 aliphatic rings. The van der Waals surface area contributed by atoms with E-state index in [4.69, 9.17) is 10.00 Å². The molecular formula is C22H19N3O. The van der Waals surface area contributed by atoms with E-state index in [2.05, 4.69) is 17.2 Å². The van der Waals surface area contributed by atoms with Crippen molar-refractivity contribution < 1.29 is 4.74 Å². The highest BCUT2D eigenvalue weighted by molar-refractivity contribution is 5.80. The summed E-state index contributed by atoms with van der Waals surface area (Å²) in [4.78, 5) is 0. The quantitative estimate of drug-likeness (QED) is 0.465. The number of hydrogen-bond acceptors (Lipinski definition) is 4. The predicted octanol–water partition coefficient (Wildman–Crippen LogP) is 4.63. The van der Waals surface area contributed by atoms with Crippen molar-refractivity contribution in [2.45, 2.75) is 6.54 Å². The van der Waals surface area contributed by atoms with Crippen molar-refractivity contribution in [1.29, 1.82) is 5.26 Å². The average molecular weight is 341 g/mol. The summed E-state index contributed by atoms with van der Waals surface area (Å²) in [6, 6.07) is 29.8. The van der Waals surface area contributed by atoms with Crippen molar-refractivity contribution >= 4 is 11.9 Å². The maximum absolute atomic E-state index is 8.56. The number of rotatable bonds is 7. The standard InChI is InChI=1S/C22H19N3O/c23-15-16-26-22-13-11-19(12-14-22)17-24-25(21-9-5-2-6-10-21)18-20-7-3-1-4-8-20/h1-14,17H,16,18H2/b24-17-. The summed E-state index contributed by atoms with van der Waals surface area (Å²) >= 11 is 0. The third-order valence-corrected chi connectivity index (χ3v) is 3.76. The maximum Gasteiger partial charge on any atom is 0.174 e. The van der Waals surface area contributed by atoms with Crippen LogP contribution in [0.15, 0.2) is 90.0 Å². The zero-order valence-electron chi connectivity index (χ0n) is 14.3. The fourth-order valence-electron chi connectivity index (χ4n) is 2.46. The first kappa shape index (κ1) is 17.2. The van der Waals surface area contributed by atoms with Crippen molar-refractivity contribution in [3.8, 4) is 11.8 Å². The molecule has 0 aromatic heterocycles. The molecule has 4 nitrogen and oxygen atoms in total. The minimum absolute atomic E-state index is 0.0479. The van der Waals surface area contributed by atoms with E-state index in [0.717, 1.165) is 11.3 Å². The molecule has 0 saturated carbocycles. The van der Waals surface area contributed by atoms with Gasteiger partial charge in [0.25, 0.3) is 0 Å². The number of hydrogen-bond donors (Lipinski definition) is 0. The number of nitrogens with zero attached hydrogens (tertiary/aromatic N) is 3. The second kappa shape index (κ2) is 9.05. The maximum atomic E-state index is 8.56. The normalized spacial score (nSPS) is 10.4. The Balaban J connectivity index is 1.77. The van der Waals surface area contributed by atoms with Crippen LogP contribution < -0.4 is 9.75 Å². The van der Waals surface area contributed by atoms with Gasteiger partial charge in [0.05, 0.1) is 18.4 Å². The van der Waals surface area contributed by atoms with Crippen molar-refractivity contribution in [2.24, 2.45) is 5.10 Å². The van der Waals surface area contributed by atoms with Gasteiger partial charge in [-0.25, -0.2) is 0 Å². The Morgan fingerprint density at radius 1 is 0.885 bits per heavy atom. The lowest BCUT2D eigenvalue weighted by Crippen LogP contribution is -2.15. The van der Waals surface area contributed by atoms with Gasteiger partial charge in [0, 0.05) is 0 Å². The van der Waals surface area contributed by atoms with E-state index >= 15 is 0 Å². The van der Waals surface area contributed by atoms with Gasteiger partial charge < -0.3 is 4.74 Å². The number of benzene rings is 3. The Kier molecular flexibility index (Phi) is 6.00. The van der Waals surface area contributed by atoms with E-state index < -0.39 is 0 Å². The molecule has 0 atom stereocenters. The summed E-state index contributed by atoms with van der Waals surface area (Å²) in [5.74, 6) is 0.674. The highest BCUT2D eigenvalue weighted by atomic mass is 16.5. The molecule has 4 heteroatoms. The van der Waals surface area contributed by atoms with Crippen LogP contribution >= 0.6 is 0 Å². The number of anilines is 1. The molecule has 0 aliphatic carbocycles. The molecule has 128 valence electrons. The van der Waals surface area contributed by atoms with Crippen LogP contribution in [-0.2, 0) is 6.54 Å². The Bertz CT molecular complexity index is 869. The van der Waals surface area contributed by atoms with Gasteiger partial charge in [-0.3, -0.25) is 5.01 Å². The SMILES string of the molecule is N#CCOc1ccc(/C=N\N(Cc2ccccc2)c2ccccc2)cc1. The van der Waals surface area contributed by atoms with E-state index in [1.54, 1.807) is 0 Å². The molecule has 3 rings (SSSR count). The van der Waals surface area contributed by atoms with Crippen LogP contribution in [0, 0.1) is 11.3 Å². The fraction of sp³-hybridized carbons (Fsp3) is 0.0909. The lowest BCUT2D eigenvalue weighted by atomic mass is 10.2. The van der Waals surface area contributed by atoms with Gasteiger partial charge >= 0.3 is 0 Å². The summed E-state index contributed by atoms with van der Waals surface area (Å²) in [5, 5.41) is 15.2. The summed E-state index contributed by atoms with van der Waals surface area (Å²) in [6.07, 6.45) is 1.82. The fourth-order valence-corrected chi connectivity index (χ4v) is 2.46. The molecule has 0 heterocycles. The summed E-state index contributed by atoms with van der Waals surface area (Å²) in [6.45, 7) is 0.733. The van der Waals surface area contributed by atoms with E-state index in [9.17, 15) is 0 Å². The van der Waals surface area contributed by atoms with Gasteiger partial charge in [-0.05, 0) is 47.5 Å². The molecule has 3 aromatic carbocycles. The van der Waals surface area contributed by atoms with Crippen molar-refractivity contribution in [3.63, 3.8) is 0 Å². The van der Waals surface area contributed by atoms with Crippen LogP contribution in [0.3, 0.4) is 0 Å². The van der Waals surface area contributed by atoms with Crippen molar-refractivity contribution in [1.82, 2.24) is 0 Å². The number of hydrazone groups is 1. The van der Waals surface area contributed by atoms with Crippen LogP contribution in [0.4, 0.5) is 5.69 Å². The minimum atomic E-state index is 0.0479. The molecule has 26 heavy (non-hydrogen) atoms. The monoisotopic (exact) mass is 341 g/mol. The third kappa shape index (κ3) is 4.96. The highest BCUT2D eigenvalue weighted by Crippen LogP contribution is 2.18. The second-order valence-electron chi connectivity index (χ2n) is 5.64. The molecule has 0 amide bonds. The molecule has 0 fully saturated rings. The van der Waals surface area contributed by atoms with Gasteiger partial charge in [0.1, 0.15) is 11.8 Å². The number of nitriles is 1. The Morgan fingerprint density at radius 3 is 2.19 bits per heavy atom. The van der Waals surface area contributed by atoms with Crippen molar-refractivity contribution in [2.75, 3.05) is 11.6 Å². The Morgan fingerprint density at radius 2 is 1.54 bits per heavy atom. The van der Waals surface area contributed by atoms with Gasteiger partial charge in [-0.1, -0.05) is 48.5 Å². The Labute approximate surface area is 153 Å². The van der Waals surface area contributed by atoms with Crippen LogP contribution in [-0.4, -0.2) is 12.8 Å². The first-order valence-electron chi connectivity index (χ1n) is 8.35. The molecule has 3 aromatic rings. The molecule has 0 N–H and O–H groups in total. The van der Waals surface area contributed by atoms with Gasteiger partial charge in [0.15, 0.2) is 6.61 Å². The summed E-state index contributed by atoms with van der Waals surface area (Å²) in [7, 11) is 0. The van der Waals surface area contributed by atoms with Gasteiger partial charge in [-0.2, -0.15) is 10.4 Å². The van der Waals surface area contributed by atoms with Gasteiger partial charge in [-0.15, -0.1) is 0 Å². The summed E-state index contributed by atoms with van der Waals surface area (Å²) < 4.78 is 5.27. The zero-order valence-corrected chi connectivity index (χ0v) is 14.3.